The summed E-state index contributed by atoms with van der Waals surface area (Å²) in [6, 6.07) is 13.6. The second kappa shape index (κ2) is 7.45. The van der Waals surface area contributed by atoms with Gasteiger partial charge >= 0.3 is 6.03 Å². The van der Waals surface area contributed by atoms with Crippen molar-refractivity contribution < 1.29 is 14.3 Å². The number of nitrogens with one attached hydrogen (secondary N) is 2. The van der Waals surface area contributed by atoms with E-state index < -0.39 is 0 Å². The van der Waals surface area contributed by atoms with E-state index in [0.717, 1.165) is 5.75 Å². The molecule has 2 rings (SSSR count). The van der Waals surface area contributed by atoms with E-state index in [2.05, 4.69) is 10.6 Å². The molecule has 0 spiro atoms. The van der Waals surface area contributed by atoms with Gasteiger partial charge in [0.1, 0.15) is 5.75 Å². The minimum Gasteiger partial charge on any atom is -0.491 e. The molecule has 0 saturated carbocycles. The van der Waals surface area contributed by atoms with Crippen molar-refractivity contribution in [3.63, 3.8) is 0 Å². The molecule has 0 aliphatic rings. The molecule has 0 aliphatic carbocycles. The maximum absolute atomic E-state index is 12.0. The summed E-state index contributed by atoms with van der Waals surface area (Å²) in [6.07, 6.45) is 0.102. The molecule has 0 fully saturated rings. The lowest BCUT2D eigenvalue weighted by Gasteiger charge is -2.11. The first-order valence-corrected chi connectivity index (χ1v) is 7.40. The van der Waals surface area contributed by atoms with Crippen molar-refractivity contribution in [3.8, 4) is 5.75 Å². The molecule has 120 valence electrons. The average molecular weight is 312 g/mol. The number of urea groups is 1. The van der Waals surface area contributed by atoms with E-state index in [0.29, 0.717) is 16.9 Å². The summed E-state index contributed by atoms with van der Waals surface area (Å²) in [5, 5.41) is 5.43. The Bertz CT molecular complexity index is 694. The van der Waals surface area contributed by atoms with Crippen LogP contribution in [0.3, 0.4) is 0 Å². The Labute approximate surface area is 135 Å². The van der Waals surface area contributed by atoms with E-state index in [1.807, 2.05) is 13.8 Å². The molecule has 5 nitrogen and oxygen atoms in total. The summed E-state index contributed by atoms with van der Waals surface area (Å²) in [4.78, 5) is 23.3. The van der Waals surface area contributed by atoms with E-state index in [4.69, 9.17) is 4.74 Å². The zero-order valence-corrected chi connectivity index (χ0v) is 13.4. The fourth-order valence-electron chi connectivity index (χ4n) is 2.00. The zero-order valence-electron chi connectivity index (χ0n) is 13.4. The predicted octanol–water partition coefficient (Wildman–Crippen LogP) is 4.32. The first-order valence-electron chi connectivity index (χ1n) is 7.40. The van der Waals surface area contributed by atoms with Crippen LogP contribution in [0.15, 0.2) is 48.5 Å². The maximum atomic E-state index is 12.0. The van der Waals surface area contributed by atoms with Gasteiger partial charge in [0.05, 0.1) is 6.10 Å². The summed E-state index contributed by atoms with van der Waals surface area (Å²) in [7, 11) is 0. The first-order chi connectivity index (χ1) is 10.9. The van der Waals surface area contributed by atoms with Gasteiger partial charge in [0.15, 0.2) is 5.78 Å². The molecular formula is C18H20N2O3. The van der Waals surface area contributed by atoms with Crippen molar-refractivity contribution in [2.75, 3.05) is 10.6 Å². The van der Waals surface area contributed by atoms with Gasteiger partial charge in [0.2, 0.25) is 0 Å². The third-order valence-corrected chi connectivity index (χ3v) is 3.01. The molecule has 0 aliphatic heterocycles. The van der Waals surface area contributed by atoms with Gasteiger partial charge in [-0.15, -0.1) is 0 Å². The summed E-state index contributed by atoms with van der Waals surface area (Å²) in [5.74, 6) is 0.704. The Kier molecular flexibility index (Phi) is 5.36. The number of hydrogen-bond acceptors (Lipinski definition) is 3. The highest BCUT2D eigenvalue weighted by atomic mass is 16.5. The normalized spacial score (nSPS) is 10.3. The summed E-state index contributed by atoms with van der Waals surface area (Å²) < 4.78 is 5.55. The van der Waals surface area contributed by atoms with Crippen LogP contribution in [0.2, 0.25) is 0 Å². The molecule has 2 N–H and O–H groups in total. The molecule has 2 aromatic rings. The van der Waals surface area contributed by atoms with Gasteiger partial charge in [-0.05, 0) is 57.2 Å². The van der Waals surface area contributed by atoms with Gasteiger partial charge in [-0.1, -0.05) is 12.1 Å². The fourth-order valence-corrected chi connectivity index (χ4v) is 2.00. The van der Waals surface area contributed by atoms with Crippen LogP contribution in [0.4, 0.5) is 16.2 Å². The van der Waals surface area contributed by atoms with Gasteiger partial charge in [0.25, 0.3) is 0 Å². The van der Waals surface area contributed by atoms with E-state index >= 15 is 0 Å². The number of carbonyl (C=O) groups is 2. The minimum absolute atomic E-state index is 0.0465. The molecule has 0 radical (unpaired) electrons. The number of amides is 2. The van der Waals surface area contributed by atoms with Crippen LogP contribution in [-0.4, -0.2) is 17.9 Å². The van der Waals surface area contributed by atoms with Crippen molar-refractivity contribution in [1.29, 1.82) is 0 Å². The van der Waals surface area contributed by atoms with Gasteiger partial charge in [-0.2, -0.15) is 0 Å². The monoisotopic (exact) mass is 312 g/mol. The highest BCUT2D eigenvalue weighted by molar-refractivity contribution is 6.01. The quantitative estimate of drug-likeness (QED) is 0.808. The molecule has 5 heteroatoms. The molecule has 0 bridgehead atoms. The summed E-state index contributed by atoms with van der Waals surface area (Å²) >= 11 is 0. The van der Waals surface area contributed by atoms with Crippen molar-refractivity contribution in [2.45, 2.75) is 26.9 Å². The fraction of sp³-hybridized carbons (Fsp3) is 0.222. The SMILES string of the molecule is CC(=O)c1cccc(NC(=O)Nc2ccc(OC(C)C)cc2)c1. The molecule has 0 heterocycles. The van der Waals surface area contributed by atoms with Crippen LogP contribution in [0.5, 0.6) is 5.75 Å². The highest BCUT2D eigenvalue weighted by Gasteiger charge is 2.05. The number of benzene rings is 2. The van der Waals surface area contributed by atoms with Gasteiger partial charge in [-0.3, -0.25) is 4.79 Å². The van der Waals surface area contributed by atoms with Gasteiger partial charge in [0, 0.05) is 16.9 Å². The number of ether oxygens (including phenoxy) is 1. The van der Waals surface area contributed by atoms with Crippen LogP contribution < -0.4 is 15.4 Å². The number of anilines is 2. The highest BCUT2D eigenvalue weighted by Crippen LogP contribution is 2.17. The number of rotatable bonds is 5. The van der Waals surface area contributed by atoms with Crippen molar-refractivity contribution in [1.82, 2.24) is 0 Å². The molecule has 0 aromatic heterocycles. The lowest BCUT2D eigenvalue weighted by atomic mass is 10.1. The lowest BCUT2D eigenvalue weighted by molar-refractivity contribution is 0.101. The number of Topliss-reactive ketones (excluding diaryl/α,β-unsaturated/α-hetero) is 1. The average Bonchev–Trinajstić information content (AvgIpc) is 2.49. The zero-order chi connectivity index (χ0) is 16.8. The van der Waals surface area contributed by atoms with Crippen LogP contribution in [0, 0.1) is 0 Å². The Balaban J connectivity index is 1.96. The van der Waals surface area contributed by atoms with Crippen molar-refractivity contribution in [2.24, 2.45) is 0 Å². The standard InChI is InChI=1S/C18H20N2O3/c1-12(2)23-17-9-7-15(8-10-17)19-18(22)20-16-6-4-5-14(11-16)13(3)21/h4-12H,1-3H3,(H2,19,20,22). The Morgan fingerprint density at radius 1 is 0.957 bits per heavy atom. The van der Waals surface area contributed by atoms with E-state index in [1.54, 1.807) is 48.5 Å². The number of hydrogen-bond donors (Lipinski definition) is 2. The van der Waals surface area contributed by atoms with Crippen LogP contribution in [0.25, 0.3) is 0 Å². The van der Waals surface area contributed by atoms with E-state index in [1.165, 1.54) is 6.92 Å². The summed E-state index contributed by atoms with van der Waals surface area (Å²) in [5.41, 5.74) is 1.77. The molecule has 2 aromatic carbocycles. The van der Waals surface area contributed by atoms with Gasteiger partial charge < -0.3 is 15.4 Å². The van der Waals surface area contributed by atoms with Gasteiger partial charge in [-0.25, -0.2) is 4.79 Å². The minimum atomic E-state index is -0.372. The first kappa shape index (κ1) is 16.5. The number of ketones is 1. The maximum Gasteiger partial charge on any atom is 0.323 e. The Morgan fingerprint density at radius 2 is 1.61 bits per heavy atom. The predicted molar refractivity (Wildman–Crippen MR) is 91.3 cm³/mol. The second-order valence-corrected chi connectivity index (χ2v) is 5.41. The Morgan fingerprint density at radius 3 is 2.22 bits per heavy atom. The third kappa shape index (κ3) is 5.14. The Hall–Kier alpha value is -2.82. The second-order valence-electron chi connectivity index (χ2n) is 5.41. The molecule has 2 amide bonds. The van der Waals surface area contributed by atoms with Crippen LogP contribution >= 0.6 is 0 Å². The smallest absolute Gasteiger partial charge is 0.323 e. The molecule has 0 unspecified atom stereocenters. The molecular weight excluding hydrogens is 292 g/mol. The molecule has 23 heavy (non-hydrogen) atoms. The molecule has 0 atom stereocenters. The topological polar surface area (TPSA) is 67.4 Å². The molecule has 0 saturated heterocycles. The largest absolute Gasteiger partial charge is 0.491 e. The van der Waals surface area contributed by atoms with Crippen molar-refractivity contribution in [3.05, 3.63) is 54.1 Å². The number of carbonyl (C=O) groups excluding carboxylic acids is 2. The summed E-state index contributed by atoms with van der Waals surface area (Å²) in [6.45, 7) is 5.39. The lowest BCUT2D eigenvalue weighted by Crippen LogP contribution is -2.19. The van der Waals surface area contributed by atoms with E-state index in [9.17, 15) is 9.59 Å². The van der Waals surface area contributed by atoms with E-state index in [-0.39, 0.29) is 17.9 Å². The van der Waals surface area contributed by atoms with Crippen LogP contribution in [0.1, 0.15) is 31.1 Å². The third-order valence-electron chi connectivity index (χ3n) is 3.01. The van der Waals surface area contributed by atoms with Crippen molar-refractivity contribution >= 4 is 23.2 Å². The van der Waals surface area contributed by atoms with Crippen LogP contribution in [-0.2, 0) is 0 Å².